The first-order valence-corrected chi connectivity index (χ1v) is 7.96. The summed E-state index contributed by atoms with van der Waals surface area (Å²) in [5, 5.41) is 3.61. The topological polar surface area (TPSA) is 15.3 Å². The van der Waals surface area contributed by atoms with Crippen LogP contribution in [-0.4, -0.2) is 13.1 Å². The monoisotopic (exact) mass is 280 g/mol. The number of nitrogens with one attached hydrogen (secondary N) is 1. The van der Waals surface area contributed by atoms with E-state index in [1.807, 2.05) is 0 Å². The summed E-state index contributed by atoms with van der Waals surface area (Å²) in [5.41, 5.74) is 5.26. The third kappa shape index (κ3) is 3.57. The highest BCUT2D eigenvalue weighted by molar-refractivity contribution is 5.70. The van der Waals surface area contributed by atoms with Crippen molar-refractivity contribution in [2.24, 2.45) is 0 Å². The largest absolute Gasteiger partial charge is 0.379 e. The highest BCUT2D eigenvalue weighted by Crippen LogP contribution is 2.28. The fraction of sp³-hybridized carbons (Fsp3) is 0.368. The molecule has 21 heavy (non-hydrogen) atoms. The molecular weight excluding hydrogens is 256 g/mol. The van der Waals surface area contributed by atoms with Gasteiger partial charge in [-0.25, -0.2) is 0 Å². The van der Waals surface area contributed by atoms with Gasteiger partial charge in [0.25, 0.3) is 0 Å². The van der Waals surface area contributed by atoms with Gasteiger partial charge in [-0.3, -0.25) is 0 Å². The van der Waals surface area contributed by atoms with Crippen LogP contribution in [-0.2, 0) is 6.54 Å². The van der Waals surface area contributed by atoms with Crippen LogP contribution in [0, 0.1) is 6.92 Å². The summed E-state index contributed by atoms with van der Waals surface area (Å²) in [6.07, 6.45) is 3.99. The first-order chi connectivity index (χ1) is 10.3. The van der Waals surface area contributed by atoms with Gasteiger partial charge in [0.2, 0.25) is 0 Å². The summed E-state index contributed by atoms with van der Waals surface area (Å²) in [7, 11) is 0. The van der Waals surface area contributed by atoms with Crippen molar-refractivity contribution < 1.29 is 0 Å². The second kappa shape index (κ2) is 6.66. The zero-order valence-corrected chi connectivity index (χ0v) is 12.8. The SMILES string of the molecule is Cc1cccc(CNc2ccccc2N2CCCCC2)c1. The van der Waals surface area contributed by atoms with E-state index in [2.05, 4.69) is 65.7 Å². The van der Waals surface area contributed by atoms with E-state index in [0.29, 0.717) is 0 Å². The minimum absolute atomic E-state index is 0.881. The molecule has 1 saturated heterocycles. The number of rotatable bonds is 4. The van der Waals surface area contributed by atoms with E-state index in [4.69, 9.17) is 0 Å². The molecule has 2 aromatic carbocycles. The van der Waals surface area contributed by atoms with E-state index < -0.39 is 0 Å². The quantitative estimate of drug-likeness (QED) is 0.880. The zero-order chi connectivity index (χ0) is 14.5. The molecule has 1 fully saturated rings. The summed E-state index contributed by atoms with van der Waals surface area (Å²) >= 11 is 0. The molecule has 2 heteroatoms. The molecule has 0 unspecified atom stereocenters. The summed E-state index contributed by atoms with van der Waals surface area (Å²) in [6.45, 7) is 5.39. The van der Waals surface area contributed by atoms with Crippen LogP contribution in [0.2, 0.25) is 0 Å². The van der Waals surface area contributed by atoms with Gasteiger partial charge in [0.05, 0.1) is 11.4 Å². The number of piperidine rings is 1. The molecule has 0 radical (unpaired) electrons. The minimum atomic E-state index is 0.881. The summed E-state index contributed by atoms with van der Waals surface area (Å²) in [4.78, 5) is 2.52. The molecule has 0 atom stereocenters. The predicted octanol–water partition coefficient (Wildman–Crippen LogP) is 4.60. The Morgan fingerprint density at radius 2 is 1.76 bits per heavy atom. The van der Waals surface area contributed by atoms with Gasteiger partial charge in [0.15, 0.2) is 0 Å². The first-order valence-electron chi connectivity index (χ1n) is 7.96. The molecule has 0 aromatic heterocycles. The Kier molecular flexibility index (Phi) is 4.44. The average molecular weight is 280 g/mol. The van der Waals surface area contributed by atoms with Crippen molar-refractivity contribution in [1.29, 1.82) is 0 Å². The summed E-state index contributed by atoms with van der Waals surface area (Å²) < 4.78 is 0. The number of hydrogen-bond donors (Lipinski definition) is 1. The lowest BCUT2D eigenvalue weighted by Crippen LogP contribution is -2.30. The Hall–Kier alpha value is -1.96. The van der Waals surface area contributed by atoms with E-state index in [1.54, 1.807) is 0 Å². The van der Waals surface area contributed by atoms with Gasteiger partial charge in [0, 0.05) is 19.6 Å². The molecule has 0 saturated carbocycles. The lowest BCUT2D eigenvalue weighted by Gasteiger charge is -2.30. The van der Waals surface area contributed by atoms with Crippen LogP contribution in [0.3, 0.4) is 0 Å². The van der Waals surface area contributed by atoms with Crippen LogP contribution in [0.15, 0.2) is 48.5 Å². The smallest absolute Gasteiger partial charge is 0.0602 e. The van der Waals surface area contributed by atoms with Crippen molar-refractivity contribution in [3.63, 3.8) is 0 Å². The highest BCUT2D eigenvalue weighted by Gasteiger charge is 2.13. The van der Waals surface area contributed by atoms with Gasteiger partial charge in [-0.15, -0.1) is 0 Å². The van der Waals surface area contributed by atoms with Gasteiger partial charge in [-0.1, -0.05) is 42.0 Å². The lowest BCUT2D eigenvalue weighted by atomic mass is 10.1. The first kappa shape index (κ1) is 14.0. The van der Waals surface area contributed by atoms with Crippen LogP contribution in [0.4, 0.5) is 11.4 Å². The number of para-hydroxylation sites is 2. The van der Waals surface area contributed by atoms with E-state index in [0.717, 1.165) is 6.54 Å². The maximum Gasteiger partial charge on any atom is 0.0602 e. The molecule has 0 spiro atoms. The molecule has 1 aliphatic rings. The fourth-order valence-corrected chi connectivity index (χ4v) is 3.05. The van der Waals surface area contributed by atoms with Gasteiger partial charge in [-0.05, 0) is 43.9 Å². The Morgan fingerprint density at radius 3 is 2.57 bits per heavy atom. The van der Waals surface area contributed by atoms with E-state index in [-0.39, 0.29) is 0 Å². The van der Waals surface area contributed by atoms with Crippen molar-refractivity contribution in [1.82, 2.24) is 0 Å². The molecule has 0 bridgehead atoms. The maximum absolute atomic E-state index is 3.61. The lowest BCUT2D eigenvalue weighted by molar-refractivity contribution is 0.578. The van der Waals surface area contributed by atoms with Gasteiger partial charge in [0.1, 0.15) is 0 Å². The molecule has 110 valence electrons. The maximum atomic E-state index is 3.61. The van der Waals surface area contributed by atoms with Gasteiger partial charge >= 0.3 is 0 Å². The van der Waals surface area contributed by atoms with Crippen molar-refractivity contribution in [3.8, 4) is 0 Å². The van der Waals surface area contributed by atoms with Crippen molar-refractivity contribution >= 4 is 11.4 Å². The predicted molar refractivity (Wildman–Crippen MR) is 91.0 cm³/mol. The van der Waals surface area contributed by atoms with Crippen molar-refractivity contribution in [2.75, 3.05) is 23.3 Å². The van der Waals surface area contributed by atoms with Crippen LogP contribution in [0.5, 0.6) is 0 Å². The fourth-order valence-electron chi connectivity index (χ4n) is 3.05. The second-order valence-corrected chi connectivity index (χ2v) is 5.91. The van der Waals surface area contributed by atoms with Gasteiger partial charge < -0.3 is 10.2 Å². The number of nitrogens with zero attached hydrogens (tertiary/aromatic N) is 1. The van der Waals surface area contributed by atoms with E-state index >= 15 is 0 Å². The van der Waals surface area contributed by atoms with Gasteiger partial charge in [-0.2, -0.15) is 0 Å². The van der Waals surface area contributed by atoms with Crippen molar-refractivity contribution in [3.05, 3.63) is 59.7 Å². The third-order valence-corrected chi connectivity index (χ3v) is 4.17. The van der Waals surface area contributed by atoms with Crippen LogP contribution in [0.1, 0.15) is 30.4 Å². The molecule has 1 heterocycles. The molecule has 1 aliphatic heterocycles. The second-order valence-electron chi connectivity index (χ2n) is 5.91. The van der Waals surface area contributed by atoms with Crippen LogP contribution >= 0.6 is 0 Å². The Balaban J connectivity index is 1.73. The zero-order valence-electron chi connectivity index (χ0n) is 12.8. The molecule has 2 aromatic rings. The Bertz CT molecular complexity index is 586. The Labute approximate surface area is 127 Å². The normalized spacial score (nSPS) is 15.0. The highest BCUT2D eigenvalue weighted by atomic mass is 15.1. The van der Waals surface area contributed by atoms with Crippen LogP contribution in [0.25, 0.3) is 0 Å². The Morgan fingerprint density at radius 1 is 0.952 bits per heavy atom. The molecule has 0 amide bonds. The van der Waals surface area contributed by atoms with E-state index in [1.165, 1.54) is 54.9 Å². The number of anilines is 2. The number of hydrogen-bond acceptors (Lipinski definition) is 2. The molecule has 2 nitrogen and oxygen atoms in total. The molecule has 1 N–H and O–H groups in total. The van der Waals surface area contributed by atoms with E-state index in [9.17, 15) is 0 Å². The molecular formula is C19H24N2. The van der Waals surface area contributed by atoms with Crippen LogP contribution < -0.4 is 10.2 Å². The summed E-state index contributed by atoms with van der Waals surface area (Å²) in [6, 6.07) is 17.4. The standard InChI is InChI=1S/C19H24N2/c1-16-8-7-9-17(14-16)15-20-18-10-3-4-11-19(18)21-12-5-2-6-13-21/h3-4,7-11,14,20H,2,5-6,12-13,15H2,1H3. The number of benzene rings is 2. The van der Waals surface area contributed by atoms with Crippen molar-refractivity contribution in [2.45, 2.75) is 32.7 Å². The average Bonchev–Trinajstić information content (AvgIpc) is 2.54. The number of aryl methyl sites for hydroxylation is 1. The molecule has 0 aliphatic carbocycles. The minimum Gasteiger partial charge on any atom is -0.379 e. The third-order valence-electron chi connectivity index (χ3n) is 4.17. The summed E-state index contributed by atoms with van der Waals surface area (Å²) in [5.74, 6) is 0. The molecule has 3 rings (SSSR count).